The van der Waals surface area contributed by atoms with Crippen LogP contribution in [0.25, 0.3) is 0 Å². The summed E-state index contributed by atoms with van der Waals surface area (Å²) in [5.41, 5.74) is 0. The molecule has 5 heteroatoms. The van der Waals surface area contributed by atoms with E-state index in [1.165, 1.54) is 114 Å². The summed E-state index contributed by atoms with van der Waals surface area (Å²) in [5.74, 6) is 0. The Bertz CT molecular complexity index is 408. The summed E-state index contributed by atoms with van der Waals surface area (Å²) in [6.45, 7) is 21.0. The Kier molecular flexibility index (Phi) is 23.1. The van der Waals surface area contributed by atoms with Gasteiger partial charge in [0.1, 0.15) is 0 Å². The standard InChI is InChI=1S/C30H66O2SSi2/c1-9-17-23-31-34(25-19-11-3,26-20-12-4)29(15-7)33-30(16-8)35(27-21-13-5,28-22-14-6)32-24-18-10-2/h29-30H,9-28H2,1-8H3. The molecule has 0 aliphatic rings. The Morgan fingerprint density at radius 1 is 0.457 bits per heavy atom. The summed E-state index contributed by atoms with van der Waals surface area (Å²) in [4.78, 5) is 1.43. The average Bonchev–Trinajstić information content (AvgIpc) is 2.88. The highest BCUT2D eigenvalue weighted by Gasteiger charge is 2.48. The van der Waals surface area contributed by atoms with Gasteiger partial charge in [0.15, 0.2) is 0 Å². The first-order valence-corrected chi connectivity index (χ1v) is 21.7. The zero-order valence-electron chi connectivity index (χ0n) is 25.5. The summed E-state index contributed by atoms with van der Waals surface area (Å²) in [6.07, 6.45) is 18.0. The molecule has 0 spiro atoms. The van der Waals surface area contributed by atoms with Gasteiger partial charge < -0.3 is 8.85 Å². The third-order valence-electron chi connectivity index (χ3n) is 7.83. The minimum atomic E-state index is -1.83. The second kappa shape index (κ2) is 22.7. The van der Waals surface area contributed by atoms with Crippen molar-refractivity contribution in [3.63, 3.8) is 0 Å². The number of hydrogen-bond acceptors (Lipinski definition) is 3. The van der Waals surface area contributed by atoms with Crippen molar-refractivity contribution in [3.8, 4) is 0 Å². The Balaban J connectivity index is 6.18. The molecule has 0 aromatic carbocycles. The van der Waals surface area contributed by atoms with Crippen LogP contribution in [0.1, 0.15) is 145 Å². The Morgan fingerprint density at radius 3 is 0.971 bits per heavy atom. The third-order valence-corrected chi connectivity index (χ3v) is 22.1. The second-order valence-corrected chi connectivity index (χ2v) is 21.4. The lowest BCUT2D eigenvalue weighted by molar-refractivity contribution is 0.283. The zero-order valence-corrected chi connectivity index (χ0v) is 28.3. The SMILES string of the molecule is CCCCO[Si](CCCC)(CCCC)C(CC)SC(CC)[Si](CCCC)(CCCC)OCCCC. The fourth-order valence-electron chi connectivity index (χ4n) is 5.49. The van der Waals surface area contributed by atoms with Gasteiger partial charge >= 0.3 is 0 Å². The highest BCUT2D eigenvalue weighted by Crippen LogP contribution is 2.43. The number of rotatable bonds is 26. The van der Waals surface area contributed by atoms with E-state index in [1.54, 1.807) is 0 Å². The lowest BCUT2D eigenvalue weighted by Crippen LogP contribution is -2.54. The first-order valence-electron chi connectivity index (χ1n) is 15.9. The van der Waals surface area contributed by atoms with Crippen LogP contribution in [-0.4, -0.2) is 39.6 Å². The first-order chi connectivity index (χ1) is 17.0. The van der Waals surface area contributed by atoms with Gasteiger partial charge in [-0.3, -0.25) is 0 Å². The van der Waals surface area contributed by atoms with Crippen molar-refractivity contribution in [2.24, 2.45) is 0 Å². The van der Waals surface area contributed by atoms with Gasteiger partial charge in [0, 0.05) is 23.0 Å². The molecule has 2 nitrogen and oxygen atoms in total. The van der Waals surface area contributed by atoms with Gasteiger partial charge in [-0.15, -0.1) is 0 Å². The van der Waals surface area contributed by atoms with Gasteiger partial charge in [-0.25, -0.2) is 0 Å². The largest absolute Gasteiger partial charge is 0.416 e. The first kappa shape index (κ1) is 35.7. The molecule has 0 amide bonds. The molecule has 0 aromatic heterocycles. The van der Waals surface area contributed by atoms with E-state index >= 15 is 0 Å². The topological polar surface area (TPSA) is 18.5 Å². The molecule has 0 aliphatic heterocycles. The van der Waals surface area contributed by atoms with E-state index in [0.717, 1.165) is 13.2 Å². The average molecular weight is 547 g/mol. The van der Waals surface area contributed by atoms with Crippen molar-refractivity contribution in [3.05, 3.63) is 0 Å². The van der Waals surface area contributed by atoms with Gasteiger partial charge in [-0.1, -0.05) is 120 Å². The number of hydrogen-bond donors (Lipinski definition) is 0. The molecule has 2 atom stereocenters. The van der Waals surface area contributed by atoms with Crippen LogP contribution in [0.3, 0.4) is 0 Å². The van der Waals surface area contributed by atoms with E-state index in [2.05, 4.69) is 67.2 Å². The van der Waals surface area contributed by atoms with E-state index in [0.29, 0.717) is 9.75 Å². The van der Waals surface area contributed by atoms with Crippen molar-refractivity contribution in [2.45, 2.75) is 179 Å². The minimum Gasteiger partial charge on any atom is -0.416 e. The van der Waals surface area contributed by atoms with Gasteiger partial charge in [0.2, 0.25) is 16.6 Å². The van der Waals surface area contributed by atoms with Crippen molar-refractivity contribution in [1.82, 2.24) is 0 Å². The number of thioether (sulfide) groups is 1. The molecular weight excluding hydrogens is 481 g/mol. The van der Waals surface area contributed by atoms with E-state index < -0.39 is 16.6 Å². The second-order valence-electron chi connectivity index (χ2n) is 10.9. The third kappa shape index (κ3) is 13.4. The fourth-order valence-corrected chi connectivity index (χ4v) is 20.6. The normalized spacial score (nSPS) is 14.4. The maximum atomic E-state index is 7.14. The van der Waals surface area contributed by atoms with Gasteiger partial charge in [0.05, 0.1) is 0 Å². The zero-order chi connectivity index (χ0) is 26.4. The van der Waals surface area contributed by atoms with E-state index in [9.17, 15) is 0 Å². The van der Waals surface area contributed by atoms with Crippen LogP contribution < -0.4 is 0 Å². The van der Waals surface area contributed by atoms with Crippen LogP contribution in [0.4, 0.5) is 0 Å². The molecule has 0 aliphatic carbocycles. The van der Waals surface area contributed by atoms with Crippen LogP contribution >= 0.6 is 11.8 Å². The van der Waals surface area contributed by atoms with Crippen LogP contribution in [0.5, 0.6) is 0 Å². The molecule has 35 heavy (non-hydrogen) atoms. The highest BCUT2D eigenvalue weighted by atomic mass is 32.2. The summed E-state index contributed by atoms with van der Waals surface area (Å²) in [7, 11) is -3.67. The molecule has 0 saturated heterocycles. The van der Waals surface area contributed by atoms with Gasteiger partial charge in [-0.05, 0) is 49.9 Å². The predicted molar refractivity (Wildman–Crippen MR) is 168 cm³/mol. The van der Waals surface area contributed by atoms with Crippen molar-refractivity contribution >= 4 is 28.4 Å². The molecule has 212 valence electrons. The highest BCUT2D eigenvalue weighted by molar-refractivity contribution is 8.03. The number of unbranched alkanes of at least 4 members (excludes halogenated alkanes) is 6. The lowest BCUT2D eigenvalue weighted by Gasteiger charge is -2.44. The molecule has 0 heterocycles. The summed E-state index contributed by atoms with van der Waals surface area (Å²) in [5, 5.41) is 0. The lowest BCUT2D eigenvalue weighted by atomic mass is 10.4. The summed E-state index contributed by atoms with van der Waals surface area (Å²) < 4.78 is 14.3. The summed E-state index contributed by atoms with van der Waals surface area (Å²) in [6, 6.07) is 5.46. The van der Waals surface area contributed by atoms with Crippen LogP contribution in [0, 0.1) is 0 Å². The Hall–Kier alpha value is 0.704. The van der Waals surface area contributed by atoms with E-state index in [-0.39, 0.29) is 0 Å². The van der Waals surface area contributed by atoms with E-state index in [4.69, 9.17) is 8.85 Å². The Labute approximate surface area is 229 Å². The maximum Gasteiger partial charge on any atom is 0.205 e. The van der Waals surface area contributed by atoms with Crippen LogP contribution in [0.15, 0.2) is 0 Å². The smallest absolute Gasteiger partial charge is 0.205 e. The van der Waals surface area contributed by atoms with Gasteiger partial charge in [-0.2, -0.15) is 11.8 Å². The summed E-state index contributed by atoms with van der Waals surface area (Å²) >= 11 is 2.40. The van der Waals surface area contributed by atoms with E-state index in [1.807, 2.05) is 0 Å². The van der Waals surface area contributed by atoms with Crippen molar-refractivity contribution in [2.75, 3.05) is 13.2 Å². The Morgan fingerprint density at radius 2 is 0.743 bits per heavy atom. The minimum absolute atomic E-state index is 0.715. The monoisotopic (exact) mass is 546 g/mol. The van der Waals surface area contributed by atoms with Crippen LogP contribution in [-0.2, 0) is 8.85 Å². The molecular formula is C30H66O2SSi2. The fraction of sp³-hybridized carbons (Fsp3) is 1.00. The molecule has 0 aromatic rings. The van der Waals surface area contributed by atoms with Crippen LogP contribution in [0.2, 0.25) is 24.2 Å². The molecule has 0 bridgehead atoms. The quantitative estimate of drug-likeness (QED) is 0.0793. The molecule has 0 N–H and O–H groups in total. The molecule has 0 rings (SSSR count). The molecule has 0 radical (unpaired) electrons. The molecule has 0 saturated carbocycles. The molecule has 2 unspecified atom stereocenters. The van der Waals surface area contributed by atoms with Crippen molar-refractivity contribution in [1.29, 1.82) is 0 Å². The van der Waals surface area contributed by atoms with Crippen molar-refractivity contribution < 1.29 is 8.85 Å². The van der Waals surface area contributed by atoms with Gasteiger partial charge in [0.25, 0.3) is 0 Å². The maximum absolute atomic E-state index is 7.14. The predicted octanol–water partition coefficient (Wildman–Crippen LogP) is 11.1. The molecule has 0 fully saturated rings.